The minimum atomic E-state index is -0.792. The van der Waals surface area contributed by atoms with Crippen molar-refractivity contribution in [1.29, 1.82) is 0 Å². The summed E-state index contributed by atoms with van der Waals surface area (Å²) >= 11 is 0. The molecule has 0 spiro atoms. The average Bonchev–Trinajstić information content (AvgIpc) is 2.46. The molecule has 0 aliphatic rings. The van der Waals surface area contributed by atoms with Gasteiger partial charge < -0.3 is 15.8 Å². The van der Waals surface area contributed by atoms with E-state index in [4.69, 9.17) is 10.5 Å². The molecule has 1 unspecified atom stereocenters. The van der Waals surface area contributed by atoms with E-state index in [1.54, 1.807) is 6.20 Å². The summed E-state index contributed by atoms with van der Waals surface area (Å²) in [5.41, 5.74) is 7.02. The van der Waals surface area contributed by atoms with Crippen molar-refractivity contribution in [2.45, 2.75) is 19.4 Å². The number of benzene rings is 1. The number of hydrogen-bond acceptors (Lipinski definition) is 5. The number of rotatable bonds is 6. The number of nitrogens with two attached hydrogens (primary N) is 1. The molecule has 0 aliphatic carbocycles. The van der Waals surface area contributed by atoms with Gasteiger partial charge in [-0.1, -0.05) is 30.3 Å². The third-order valence-electron chi connectivity index (χ3n) is 2.88. The lowest BCUT2D eigenvalue weighted by Crippen LogP contribution is -2.31. The molecule has 6 nitrogen and oxygen atoms in total. The van der Waals surface area contributed by atoms with Crippen LogP contribution in [0, 0.1) is 6.92 Å². The molecule has 6 heteroatoms. The molecular formula is C15H18N4O2. The summed E-state index contributed by atoms with van der Waals surface area (Å²) in [7, 11) is 0. The van der Waals surface area contributed by atoms with Crippen LogP contribution in [0.25, 0.3) is 0 Å². The van der Waals surface area contributed by atoms with Crippen LogP contribution in [0.1, 0.15) is 11.3 Å². The Balaban J connectivity index is 2.06. The van der Waals surface area contributed by atoms with Gasteiger partial charge in [0, 0.05) is 11.9 Å². The topological polar surface area (TPSA) is 90.1 Å². The van der Waals surface area contributed by atoms with Gasteiger partial charge in [0.25, 0.3) is 0 Å². The fourth-order valence-corrected chi connectivity index (χ4v) is 1.93. The second-order valence-corrected chi connectivity index (χ2v) is 4.68. The number of nitrogens with one attached hydrogen (secondary N) is 1. The lowest BCUT2D eigenvalue weighted by molar-refractivity contribution is 0.151. The van der Waals surface area contributed by atoms with Crippen molar-refractivity contribution < 1.29 is 9.53 Å². The molecule has 0 saturated carbocycles. The van der Waals surface area contributed by atoms with Gasteiger partial charge in [0.1, 0.15) is 6.61 Å². The molecule has 1 atom stereocenters. The van der Waals surface area contributed by atoms with Crippen LogP contribution in [0.3, 0.4) is 0 Å². The van der Waals surface area contributed by atoms with E-state index >= 15 is 0 Å². The van der Waals surface area contributed by atoms with Gasteiger partial charge in [-0.2, -0.15) is 0 Å². The highest BCUT2D eigenvalue weighted by Crippen LogP contribution is 2.08. The first kappa shape index (κ1) is 14.8. The second kappa shape index (κ2) is 7.23. The zero-order valence-corrected chi connectivity index (χ0v) is 11.8. The summed E-state index contributed by atoms with van der Waals surface area (Å²) in [6.45, 7) is 2.04. The van der Waals surface area contributed by atoms with Crippen molar-refractivity contribution >= 4 is 12.0 Å². The highest BCUT2D eigenvalue weighted by Gasteiger charge is 2.13. The Hall–Kier alpha value is -2.63. The molecule has 0 bridgehead atoms. The average molecular weight is 286 g/mol. The molecule has 0 saturated heterocycles. The number of nitrogens with zero attached hydrogens (tertiary/aromatic N) is 2. The van der Waals surface area contributed by atoms with Crippen LogP contribution in [0.2, 0.25) is 0 Å². The molecule has 0 aliphatic heterocycles. The Morgan fingerprint density at radius 1 is 1.33 bits per heavy atom. The van der Waals surface area contributed by atoms with Crippen molar-refractivity contribution in [3.63, 3.8) is 0 Å². The van der Waals surface area contributed by atoms with E-state index in [1.165, 1.54) is 0 Å². The number of aryl methyl sites for hydroxylation is 1. The Bertz CT molecular complexity index is 589. The van der Waals surface area contributed by atoms with E-state index in [9.17, 15) is 4.79 Å². The molecule has 1 aromatic heterocycles. The molecule has 110 valence electrons. The number of hydrogen-bond donors (Lipinski definition) is 2. The van der Waals surface area contributed by atoms with E-state index in [-0.39, 0.29) is 12.6 Å². The summed E-state index contributed by atoms with van der Waals surface area (Å²) in [5, 5.41) is 3.17. The molecule has 1 amide bonds. The van der Waals surface area contributed by atoms with Crippen LogP contribution in [0.15, 0.2) is 42.6 Å². The van der Waals surface area contributed by atoms with Crippen molar-refractivity contribution in [3.05, 3.63) is 53.9 Å². The van der Waals surface area contributed by atoms with Crippen molar-refractivity contribution in [3.8, 4) is 0 Å². The number of amides is 1. The molecule has 0 radical (unpaired) electrons. The maximum Gasteiger partial charge on any atom is 0.404 e. The third-order valence-corrected chi connectivity index (χ3v) is 2.88. The van der Waals surface area contributed by atoms with Crippen molar-refractivity contribution in [2.75, 3.05) is 11.9 Å². The van der Waals surface area contributed by atoms with Gasteiger partial charge in [-0.05, 0) is 25.0 Å². The monoisotopic (exact) mass is 286 g/mol. The summed E-state index contributed by atoms with van der Waals surface area (Å²) < 4.78 is 4.90. The first-order chi connectivity index (χ1) is 10.1. The van der Waals surface area contributed by atoms with E-state index in [1.807, 2.05) is 43.3 Å². The van der Waals surface area contributed by atoms with Gasteiger partial charge >= 0.3 is 6.09 Å². The first-order valence-corrected chi connectivity index (χ1v) is 6.66. The number of carbonyl (C=O) groups excluding carboxylic acids is 1. The van der Waals surface area contributed by atoms with Crippen molar-refractivity contribution in [2.24, 2.45) is 5.73 Å². The van der Waals surface area contributed by atoms with Gasteiger partial charge in [0.2, 0.25) is 5.95 Å². The van der Waals surface area contributed by atoms with Gasteiger partial charge in [0.15, 0.2) is 0 Å². The molecule has 0 fully saturated rings. The smallest absolute Gasteiger partial charge is 0.404 e. The zero-order chi connectivity index (χ0) is 15.1. The van der Waals surface area contributed by atoms with Gasteiger partial charge in [-0.15, -0.1) is 0 Å². The zero-order valence-electron chi connectivity index (χ0n) is 11.8. The highest BCUT2D eigenvalue weighted by molar-refractivity contribution is 5.64. The summed E-state index contributed by atoms with van der Waals surface area (Å²) in [4.78, 5) is 19.2. The molecule has 1 heterocycles. The largest absolute Gasteiger partial charge is 0.448 e. The van der Waals surface area contributed by atoms with E-state index in [0.717, 1.165) is 11.3 Å². The van der Waals surface area contributed by atoms with E-state index in [2.05, 4.69) is 15.3 Å². The predicted octanol–water partition coefficient (Wildman–Crippen LogP) is 1.90. The predicted molar refractivity (Wildman–Crippen MR) is 79.9 cm³/mol. The molecule has 3 N–H and O–H groups in total. The van der Waals surface area contributed by atoms with E-state index < -0.39 is 6.09 Å². The number of ether oxygens (including phenoxy) is 1. The molecule has 2 rings (SSSR count). The summed E-state index contributed by atoms with van der Waals surface area (Å²) in [5.74, 6) is 0.504. The second-order valence-electron chi connectivity index (χ2n) is 4.68. The van der Waals surface area contributed by atoms with Crippen LogP contribution in [0.4, 0.5) is 10.7 Å². The summed E-state index contributed by atoms with van der Waals surface area (Å²) in [6.07, 6.45) is 1.56. The lowest BCUT2D eigenvalue weighted by Gasteiger charge is -2.18. The van der Waals surface area contributed by atoms with Gasteiger partial charge in [-0.25, -0.2) is 14.8 Å². The maximum atomic E-state index is 10.8. The molecule has 1 aromatic carbocycles. The van der Waals surface area contributed by atoms with Crippen LogP contribution in [-0.2, 0) is 11.2 Å². The van der Waals surface area contributed by atoms with Crippen molar-refractivity contribution in [1.82, 2.24) is 9.97 Å². The van der Waals surface area contributed by atoms with Crippen LogP contribution >= 0.6 is 0 Å². The van der Waals surface area contributed by atoms with Crippen LogP contribution < -0.4 is 11.1 Å². The molecule has 2 aromatic rings. The Morgan fingerprint density at radius 3 is 2.76 bits per heavy atom. The minimum absolute atomic E-state index is 0.151. The fraction of sp³-hybridized carbons (Fsp3) is 0.267. The normalized spacial score (nSPS) is 11.7. The lowest BCUT2D eigenvalue weighted by atomic mass is 10.1. The number of anilines is 1. The summed E-state index contributed by atoms with van der Waals surface area (Å²) in [6, 6.07) is 11.6. The molecule has 21 heavy (non-hydrogen) atoms. The minimum Gasteiger partial charge on any atom is -0.448 e. The Morgan fingerprint density at radius 2 is 2.10 bits per heavy atom. The number of primary amides is 1. The Kier molecular flexibility index (Phi) is 5.09. The molecular weight excluding hydrogens is 268 g/mol. The third kappa shape index (κ3) is 5.10. The maximum absolute atomic E-state index is 10.8. The van der Waals surface area contributed by atoms with Gasteiger partial charge in [0.05, 0.1) is 6.04 Å². The van der Waals surface area contributed by atoms with Crippen LogP contribution in [0.5, 0.6) is 0 Å². The van der Waals surface area contributed by atoms with Crippen LogP contribution in [-0.4, -0.2) is 28.7 Å². The number of aromatic nitrogens is 2. The highest BCUT2D eigenvalue weighted by atomic mass is 16.5. The number of carbonyl (C=O) groups is 1. The standard InChI is InChI=1S/C15H18N4O2/c1-11-7-8-17-15(18-11)19-13(10-21-14(16)20)9-12-5-3-2-4-6-12/h2-8,13H,9-10H2,1H3,(H2,16,20)(H,17,18,19). The van der Waals surface area contributed by atoms with Gasteiger partial charge in [-0.3, -0.25) is 0 Å². The first-order valence-electron chi connectivity index (χ1n) is 6.66. The SMILES string of the molecule is Cc1ccnc(NC(COC(N)=O)Cc2ccccc2)n1. The van der Waals surface area contributed by atoms with E-state index in [0.29, 0.717) is 12.4 Å². The fourth-order valence-electron chi connectivity index (χ4n) is 1.93. The Labute approximate surface area is 123 Å². The quantitative estimate of drug-likeness (QED) is 0.846.